The number of aromatic nitrogens is 5. The van der Waals surface area contributed by atoms with Crippen LogP contribution in [-0.2, 0) is 0 Å². The van der Waals surface area contributed by atoms with Crippen molar-refractivity contribution >= 4 is 39.2 Å². The minimum Gasteiger partial charge on any atom is -0.393 e. The summed E-state index contributed by atoms with van der Waals surface area (Å²) in [5, 5.41) is 10.1. The van der Waals surface area contributed by atoms with E-state index in [9.17, 15) is 4.79 Å². The lowest BCUT2D eigenvalue weighted by Gasteiger charge is -2.13. The summed E-state index contributed by atoms with van der Waals surface area (Å²) in [6, 6.07) is 20.7. The number of nitrogens with one attached hydrogen (secondary N) is 2. The number of rotatable bonds is 4. The van der Waals surface area contributed by atoms with Crippen LogP contribution in [-0.4, -0.2) is 30.9 Å². The molecule has 146 valence electrons. The second-order valence-corrected chi connectivity index (χ2v) is 6.56. The summed E-state index contributed by atoms with van der Waals surface area (Å²) in [6.45, 7) is 0. The van der Waals surface area contributed by atoms with Gasteiger partial charge in [-0.2, -0.15) is 4.68 Å². The number of fused-ring (bicyclic) bond motifs is 2. The standard InChI is InChI=1S/C21H16N8O/c22-18-19(23-12-24-20(18)29-17-11-4-3-10-16(17)25-28-29)26-27-21(30)15-9-5-7-13-6-1-2-8-14(13)15/h1-12H,22H2,(H,27,30)(H,23,24,26). The van der Waals surface area contributed by atoms with Crippen LogP contribution in [0.3, 0.4) is 0 Å². The molecule has 5 aromatic rings. The smallest absolute Gasteiger partial charge is 0.270 e. The third-order valence-corrected chi connectivity index (χ3v) is 4.74. The molecule has 0 saturated heterocycles. The van der Waals surface area contributed by atoms with Gasteiger partial charge in [-0.1, -0.05) is 53.7 Å². The highest BCUT2D eigenvalue weighted by Gasteiger charge is 2.15. The lowest BCUT2D eigenvalue weighted by atomic mass is 10.0. The molecular weight excluding hydrogens is 380 g/mol. The van der Waals surface area contributed by atoms with Crippen LogP contribution < -0.4 is 16.6 Å². The van der Waals surface area contributed by atoms with Crippen LogP contribution >= 0.6 is 0 Å². The molecule has 0 saturated carbocycles. The largest absolute Gasteiger partial charge is 0.393 e. The molecule has 0 atom stereocenters. The van der Waals surface area contributed by atoms with Crippen LogP contribution in [0.15, 0.2) is 73.1 Å². The molecule has 9 nitrogen and oxygen atoms in total. The Hall–Kier alpha value is -4.53. The number of anilines is 2. The zero-order chi connectivity index (χ0) is 20.5. The van der Waals surface area contributed by atoms with E-state index in [4.69, 9.17) is 5.73 Å². The Morgan fingerprint density at radius 3 is 2.67 bits per heavy atom. The van der Waals surface area contributed by atoms with E-state index in [1.807, 2.05) is 60.7 Å². The fraction of sp³-hybridized carbons (Fsp3) is 0. The van der Waals surface area contributed by atoms with Crippen molar-refractivity contribution in [2.24, 2.45) is 0 Å². The average molecular weight is 396 g/mol. The zero-order valence-corrected chi connectivity index (χ0v) is 15.6. The predicted molar refractivity (Wildman–Crippen MR) is 114 cm³/mol. The molecule has 4 N–H and O–H groups in total. The Balaban J connectivity index is 1.43. The number of carbonyl (C=O) groups is 1. The Morgan fingerprint density at radius 2 is 1.73 bits per heavy atom. The molecule has 0 unspecified atom stereocenters. The van der Waals surface area contributed by atoms with Crippen molar-refractivity contribution in [3.63, 3.8) is 0 Å². The maximum atomic E-state index is 12.7. The van der Waals surface area contributed by atoms with E-state index in [1.54, 1.807) is 6.07 Å². The summed E-state index contributed by atoms with van der Waals surface area (Å²) < 4.78 is 1.53. The van der Waals surface area contributed by atoms with E-state index in [0.29, 0.717) is 16.9 Å². The van der Waals surface area contributed by atoms with Gasteiger partial charge in [-0.15, -0.1) is 5.10 Å². The zero-order valence-electron chi connectivity index (χ0n) is 15.6. The van der Waals surface area contributed by atoms with Crippen molar-refractivity contribution in [3.05, 3.63) is 78.6 Å². The normalized spacial score (nSPS) is 10.9. The van der Waals surface area contributed by atoms with E-state index < -0.39 is 0 Å². The van der Waals surface area contributed by atoms with E-state index in [1.165, 1.54) is 11.0 Å². The second-order valence-electron chi connectivity index (χ2n) is 6.56. The fourth-order valence-corrected chi connectivity index (χ4v) is 3.29. The lowest BCUT2D eigenvalue weighted by molar-refractivity contribution is 0.0964. The number of carbonyl (C=O) groups excluding carboxylic acids is 1. The third kappa shape index (κ3) is 2.94. The van der Waals surface area contributed by atoms with Gasteiger partial charge < -0.3 is 5.73 Å². The molecule has 0 fully saturated rings. The van der Waals surface area contributed by atoms with Crippen molar-refractivity contribution in [2.75, 3.05) is 11.2 Å². The van der Waals surface area contributed by atoms with Gasteiger partial charge in [0, 0.05) is 5.56 Å². The topological polar surface area (TPSA) is 124 Å². The molecule has 2 heterocycles. The molecule has 3 aromatic carbocycles. The summed E-state index contributed by atoms with van der Waals surface area (Å²) >= 11 is 0. The molecule has 5 rings (SSSR count). The molecule has 30 heavy (non-hydrogen) atoms. The van der Waals surface area contributed by atoms with Crippen LogP contribution in [0.2, 0.25) is 0 Å². The molecule has 9 heteroatoms. The van der Waals surface area contributed by atoms with Crippen LogP contribution in [0, 0.1) is 0 Å². The molecule has 0 aliphatic rings. The number of hydrogen-bond acceptors (Lipinski definition) is 7. The van der Waals surface area contributed by atoms with Crippen molar-refractivity contribution in [3.8, 4) is 5.82 Å². The number of nitrogens with two attached hydrogens (primary N) is 1. The molecule has 0 spiro atoms. The molecule has 0 bridgehead atoms. The monoisotopic (exact) mass is 396 g/mol. The number of nitrogens with zero attached hydrogens (tertiary/aromatic N) is 5. The first-order valence-corrected chi connectivity index (χ1v) is 9.18. The quantitative estimate of drug-likeness (QED) is 0.399. The Labute approximate surface area is 170 Å². The van der Waals surface area contributed by atoms with Crippen LogP contribution in [0.5, 0.6) is 0 Å². The van der Waals surface area contributed by atoms with Gasteiger partial charge in [0.1, 0.15) is 17.5 Å². The highest BCUT2D eigenvalue weighted by Crippen LogP contribution is 2.24. The van der Waals surface area contributed by atoms with E-state index in [2.05, 4.69) is 31.1 Å². The maximum Gasteiger partial charge on any atom is 0.270 e. The van der Waals surface area contributed by atoms with Crippen molar-refractivity contribution in [1.82, 2.24) is 30.4 Å². The number of nitrogen functional groups attached to an aromatic ring is 1. The molecule has 0 radical (unpaired) electrons. The van der Waals surface area contributed by atoms with Gasteiger partial charge in [-0.05, 0) is 29.0 Å². The third-order valence-electron chi connectivity index (χ3n) is 4.74. The van der Waals surface area contributed by atoms with Crippen molar-refractivity contribution < 1.29 is 4.79 Å². The lowest BCUT2D eigenvalue weighted by Crippen LogP contribution is -2.30. The Bertz CT molecular complexity index is 1390. The summed E-state index contributed by atoms with van der Waals surface area (Å²) in [4.78, 5) is 21.1. The summed E-state index contributed by atoms with van der Waals surface area (Å²) in [5.41, 5.74) is 13.9. The van der Waals surface area contributed by atoms with Crippen LogP contribution in [0.1, 0.15) is 10.4 Å². The number of amides is 1. The Kier molecular flexibility index (Phi) is 4.18. The van der Waals surface area contributed by atoms with Crippen LogP contribution in [0.25, 0.3) is 27.6 Å². The van der Waals surface area contributed by atoms with E-state index in [-0.39, 0.29) is 17.4 Å². The van der Waals surface area contributed by atoms with Gasteiger partial charge in [-0.25, -0.2) is 9.97 Å². The average Bonchev–Trinajstić information content (AvgIpc) is 3.22. The highest BCUT2D eigenvalue weighted by molar-refractivity contribution is 6.07. The first kappa shape index (κ1) is 17.6. The van der Waals surface area contributed by atoms with Crippen molar-refractivity contribution in [2.45, 2.75) is 0 Å². The van der Waals surface area contributed by atoms with E-state index in [0.717, 1.165) is 16.3 Å². The highest BCUT2D eigenvalue weighted by atomic mass is 16.2. The van der Waals surface area contributed by atoms with Gasteiger partial charge in [0.15, 0.2) is 11.6 Å². The first-order chi connectivity index (χ1) is 14.7. The Morgan fingerprint density at radius 1 is 0.933 bits per heavy atom. The fourth-order valence-electron chi connectivity index (χ4n) is 3.29. The number of hydrogen-bond donors (Lipinski definition) is 3. The van der Waals surface area contributed by atoms with E-state index >= 15 is 0 Å². The van der Waals surface area contributed by atoms with Gasteiger partial charge in [-0.3, -0.25) is 15.6 Å². The minimum absolute atomic E-state index is 0.228. The summed E-state index contributed by atoms with van der Waals surface area (Å²) in [5.74, 6) is 0.311. The van der Waals surface area contributed by atoms with Crippen molar-refractivity contribution in [1.29, 1.82) is 0 Å². The summed E-state index contributed by atoms with van der Waals surface area (Å²) in [7, 11) is 0. The van der Waals surface area contributed by atoms with Crippen LogP contribution in [0.4, 0.5) is 11.5 Å². The van der Waals surface area contributed by atoms with Gasteiger partial charge in [0.05, 0.1) is 5.52 Å². The number of para-hydroxylation sites is 1. The number of benzene rings is 3. The van der Waals surface area contributed by atoms with Gasteiger partial charge in [0.25, 0.3) is 5.91 Å². The minimum atomic E-state index is -0.308. The van der Waals surface area contributed by atoms with Gasteiger partial charge >= 0.3 is 0 Å². The SMILES string of the molecule is Nc1c(NNC(=O)c2cccc3ccccc23)ncnc1-n1nnc2ccccc21. The van der Waals surface area contributed by atoms with Gasteiger partial charge in [0.2, 0.25) is 0 Å². The molecule has 2 aromatic heterocycles. The molecular formula is C21H16N8O. The predicted octanol–water partition coefficient (Wildman–Crippen LogP) is 2.70. The number of hydrazine groups is 1. The summed E-state index contributed by atoms with van der Waals surface area (Å²) in [6.07, 6.45) is 1.34. The second kappa shape index (κ2) is 7.13. The first-order valence-electron chi connectivity index (χ1n) is 9.18. The maximum absolute atomic E-state index is 12.7. The molecule has 1 amide bonds. The molecule has 0 aliphatic heterocycles. The molecule has 0 aliphatic carbocycles.